The Bertz CT molecular complexity index is 3260. The topological polar surface area (TPSA) is 51.6 Å². The van der Waals surface area contributed by atoms with Crippen LogP contribution in [0.25, 0.3) is 110 Å². The van der Waals surface area contributed by atoms with E-state index >= 15 is 0 Å². The highest BCUT2D eigenvalue weighted by Gasteiger charge is 2.18. The van der Waals surface area contributed by atoms with Crippen LogP contribution >= 0.6 is 0 Å². The first-order chi connectivity index (χ1) is 26.8. The molecule has 11 aromatic rings. The minimum absolute atomic E-state index is 0.696. The fraction of sp³-hybridized carbons (Fsp3) is 0. The maximum Gasteiger partial charge on any atom is 0.161 e. The second-order valence-corrected chi connectivity index (χ2v) is 13.8. The molecule has 3 heterocycles. The summed E-state index contributed by atoms with van der Waals surface area (Å²) in [5.74, 6) is 0.696. The van der Waals surface area contributed by atoms with Crippen LogP contribution in [-0.2, 0) is 0 Å². The molecule has 0 saturated carbocycles. The maximum absolute atomic E-state index is 5.34. The summed E-state index contributed by atoms with van der Waals surface area (Å²) >= 11 is 0. The Kier molecular flexibility index (Phi) is 6.82. The van der Waals surface area contributed by atoms with Gasteiger partial charge in [-0.05, 0) is 67.4 Å². The number of aromatic nitrogens is 4. The highest BCUT2D eigenvalue weighted by molar-refractivity contribution is 6.32. The van der Waals surface area contributed by atoms with E-state index < -0.39 is 0 Å². The molecule has 54 heavy (non-hydrogen) atoms. The van der Waals surface area contributed by atoms with E-state index in [9.17, 15) is 0 Å². The Morgan fingerprint density at radius 2 is 0.833 bits per heavy atom. The molecule has 0 saturated heterocycles. The van der Waals surface area contributed by atoms with Crippen LogP contribution in [-0.4, -0.2) is 19.9 Å². The number of benzene rings is 8. The highest BCUT2D eigenvalue weighted by atomic mass is 14.9. The molecule has 8 aromatic carbocycles. The van der Waals surface area contributed by atoms with Gasteiger partial charge in [0, 0.05) is 39.2 Å². The van der Waals surface area contributed by atoms with Crippen molar-refractivity contribution in [2.75, 3.05) is 0 Å². The molecule has 0 radical (unpaired) electrons. The average Bonchev–Trinajstić information content (AvgIpc) is 3.26. The normalized spacial score (nSPS) is 11.7. The van der Waals surface area contributed by atoms with E-state index in [4.69, 9.17) is 15.0 Å². The van der Waals surface area contributed by atoms with Crippen LogP contribution in [0.5, 0.6) is 0 Å². The summed E-state index contributed by atoms with van der Waals surface area (Å²) in [5, 5.41) is 11.9. The summed E-state index contributed by atoms with van der Waals surface area (Å²) in [6.45, 7) is 0. The number of fused-ring (bicyclic) bond motifs is 11. The van der Waals surface area contributed by atoms with Crippen molar-refractivity contribution in [2.24, 2.45) is 0 Å². The minimum Gasteiger partial charge on any atom is -0.254 e. The van der Waals surface area contributed by atoms with Gasteiger partial charge in [0.1, 0.15) is 0 Å². The molecule has 0 N–H and O–H groups in total. The second kappa shape index (κ2) is 12.1. The third-order valence-electron chi connectivity index (χ3n) is 10.7. The van der Waals surface area contributed by atoms with E-state index in [0.29, 0.717) is 5.82 Å². The SMILES string of the molecule is c1ccc(-c2cc(-c3ccc(-c4ccc5ccc6cccnc6c5n4)cc3)nc(-c3cc4c5ccccc5c5ccccc5c4c4ccccc34)n2)cc1. The lowest BCUT2D eigenvalue weighted by molar-refractivity contribution is 1.19. The summed E-state index contributed by atoms with van der Waals surface area (Å²) < 4.78 is 0. The Morgan fingerprint density at radius 3 is 1.54 bits per heavy atom. The smallest absolute Gasteiger partial charge is 0.161 e. The summed E-state index contributed by atoms with van der Waals surface area (Å²) in [6.07, 6.45) is 1.83. The van der Waals surface area contributed by atoms with Crippen LogP contribution in [0.2, 0.25) is 0 Å². The maximum atomic E-state index is 5.34. The third-order valence-corrected chi connectivity index (χ3v) is 10.7. The highest BCUT2D eigenvalue weighted by Crippen LogP contribution is 2.42. The van der Waals surface area contributed by atoms with Gasteiger partial charge in [0.05, 0.1) is 28.1 Å². The lowest BCUT2D eigenvalue weighted by Crippen LogP contribution is -1.97. The molecule has 0 spiro atoms. The molecule has 3 aromatic heterocycles. The standard InChI is InChI=1S/C50H30N4/c1-2-11-31(12-3-1)45-30-46(33-22-20-32(21-23-33)44-27-26-35-25-24-34-13-10-28-51-48(34)49(35)52-44)54-50(53-45)43-29-42-38-16-5-4-14-36(38)37-15-6-8-18-40(37)47(42)41-19-9-7-17-39(41)43/h1-30H. The van der Waals surface area contributed by atoms with E-state index in [-0.39, 0.29) is 0 Å². The van der Waals surface area contributed by atoms with E-state index in [0.717, 1.165) is 66.5 Å². The van der Waals surface area contributed by atoms with Crippen LogP contribution in [0.4, 0.5) is 0 Å². The number of nitrogens with zero attached hydrogens (tertiary/aromatic N) is 4. The van der Waals surface area contributed by atoms with Gasteiger partial charge in [0.25, 0.3) is 0 Å². The van der Waals surface area contributed by atoms with Gasteiger partial charge >= 0.3 is 0 Å². The van der Waals surface area contributed by atoms with Gasteiger partial charge in [-0.1, -0.05) is 152 Å². The van der Waals surface area contributed by atoms with Gasteiger partial charge in [0.2, 0.25) is 0 Å². The Balaban J connectivity index is 1.11. The summed E-state index contributed by atoms with van der Waals surface area (Å²) in [4.78, 5) is 20.4. The van der Waals surface area contributed by atoms with Crippen molar-refractivity contribution in [1.29, 1.82) is 0 Å². The third kappa shape index (κ3) is 4.85. The average molecular weight is 687 g/mol. The molecule has 0 bridgehead atoms. The molecule has 0 fully saturated rings. The molecule has 4 heteroatoms. The van der Waals surface area contributed by atoms with E-state index in [1.54, 1.807) is 0 Å². The van der Waals surface area contributed by atoms with Crippen molar-refractivity contribution in [1.82, 2.24) is 19.9 Å². The van der Waals surface area contributed by atoms with Gasteiger partial charge in [-0.15, -0.1) is 0 Å². The Hall–Kier alpha value is -7.30. The van der Waals surface area contributed by atoms with Gasteiger partial charge < -0.3 is 0 Å². The molecule has 0 aliphatic carbocycles. The van der Waals surface area contributed by atoms with Gasteiger partial charge in [-0.3, -0.25) is 4.98 Å². The summed E-state index contributed by atoms with van der Waals surface area (Å²) in [7, 11) is 0. The lowest BCUT2D eigenvalue weighted by atomic mass is 9.89. The molecule has 0 aliphatic rings. The first-order valence-corrected chi connectivity index (χ1v) is 18.2. The quantitative estimate of drug-likeness (QED) is 0.173. The second-order valence-electron chi connectivity index (χ2n) is 13.8. The number of pyridine rings is 2. The van der Waals surface area contributed by atoms with Gasteiger partial charge in [-0.25, -0.2) is 15.0 Å². The monoisotopic (exact) mass is 686 g/mol. The fourth-order valence-corrected chi connectivity index (χ4v) is 8.12. The lowest BCUT2D eigenvalue weighted by Gasteiger charge is -2.16. The van der Waals surface area contributed by atoms with Crippen molar-refractivity contribution >= 4 is 64.9 Å². The largest absolute Gasteiger partial charge is 0.254 e. The number of hydrogen-bond acceptors (Lipinski definition) is 4. The zero-order chi connectivity index (χ0) is 35.6. The van der Waals surface area contributed by atoms with E-state index in [1.165, 1.54) is 37.7 Å². The molecule has 4 nitrogen and oxygen atoms in total. The van der Waals surface area contributed by atoms with Crippen LogP contribution in [0.15, 0.2) is 182 Å². The molecular weight excluding hydrogens is 657 g/mol. The summed E-state index contributed by atoms with van der Waals surface area (Å²) in [5.41, 5.74) is 8.56. The first kappa shape index (κ1) is 30.3. The molecule has 0 atom stereocenters. The predicted molar refractivity (Wildman–Crippen MR) is 224 cm³/mol. The van der Waals surface area contributed by atoms with Crippen molar-refractivity contribution in [3.8, 4) is 45.2 Å². The van der Waals surface area contributed by atoms with Gasteiger partial charge in [-0.2, -0.15) is 0 Å². The van der Waals surface area contributed by atoms with Crippen LogP contribution < -0.4 is 0 Å². The van der Waals surface area contributed by atoms with Gasteiger partial charge in [0.15, 0.2) is 5.82 Å². The molecular formula is C50H30N4. The predicted octanol–water partition coefficient (Wildman–Crippen LogP) is 12.9. The van der Waals surface area contributed by atoms with E-state index in [1.807, 2.05) is 18.3 Å². The molecule has 11 rings (SSSR count). The van der Waals surface area contributed by atoms with Crippen molar-refractivity contribution in [2.45, 2.75) is 0 Å². The molecule has 250 valence electrons. The zero-order valence-electron chi connectivity index (χ0n) is 29.1. The van der Waals surface area contributed by atoms with Crippen molar-refractivity contribution in [3.63, 3.8) is 0 Å². The Morgan fingerprint density at radius 1 is 0.315 bits per heavy atom. The molecule has 0 amide bonds. The Labute approximate surface area is 311 Å². The van der Waals surface area contributed by atoms with E-state index in [2.05, 4.69) is 169 Å². The van der Waals surface area contributed by atoms with Crippen LogP contribution in [0.3, 0.4) is 0 Å². The molecule has 0 aliphatic heterocycles. The van der Waals surface area contributed by atoms with Crippen LogP contribution in [0, 0.1) is 0 Å². The first-order valence-electron chi connectivity index (χ1n) is 18.2. The number of rotatable bonds is 4. The van der Waals surface area contributed by atoms with Crippen molar-refractivity contribution < 1.29 is 0 Å². The van der Waals surface area contributed by atoms with Crippen molar-refractivity contribution in [3.05, 3.63) is 182 Å². The molecule has 0 unspecified atom stereocenters. The summed E-state index contributed by atoms with van der Waals surface area (Å²) in [6, 6.07) is 62.0. The zero-order valence-corrected chi connectivity index (χ0v) is 29.1. The number of hydrogen-bond donors (Lipinski definition) is 0. The fourth-order valence-electron chi connectivity index (χ4n) is 8.12. The van der Waals surface area contributed by atoms with Crippen LogP contribution in [0.1, 0.15) is 0 Å². The minimum atomic E-state index is 0.696.